The fraction of sp³-hybridized carbons (Fsp3) is 0.167. The highest BCUT2D eigenvalue weighted by Gasteiger charge is 2.45. The van der Waals surface area contributed by atoms with Gasteiger partial charge in [-0.05, 0) is 42.5 Å². The van der Waals surface area contributed by atoms with Gasteiger partial charge >= 0.3 is 0 Å². The number of hydrogen-bond donors (Lipinski definition) is 1. The van der Waals surface area contributed by atoms with Gasteiger partial charge in [0.15, 0.2) is 0 Å². The number of rotatable bonds is 7. The van der Waals surface area contributed by atoms with Gasteiger partial charge in [0.1, 0.15) is 11.8 Å². The number of imide groups is 1. The van der Waals surface area contributed by atoms with Crippen LogP contribution in [0.4, 0.5) is 17.1 Å². The number of amides is 4. The van der Waals surface area contributed by atoms with Crippen LogP contribution in [-0.4, -0.2) is 39.5 Å². The van der Waals surface area contributed by atoms with Crippen molar-refractivity contribution >= 4 is 40.7 Å². The normalized spacial score (nSPS) is 15.2. The largest absolute Gasteiger partial charge is 0.467 e. The highest BCUT2D eigenvalue weighted by atomic mass is 16.6. The average Bonchev–Trinajstić information content (AvgIpc) is 3.45. The van der Waals surface area contributed by atoms with E-state index in [1.165, 1.54) is 48.4 Å². The number of anilines is 2. The number of hydrogen-bond acceptors (Lipinski definition) is 7. The maximum atomic E-state index is 13.4. The Hall–Kier alpha value is -4.80. The zero-order valence-electron chi connectivity index (χ0n) is 18.5. The summed E-state index contributed by atoms with van der Waals surface area (Å²) in [6.45, 7) is 1.24. The predicted molar refractivity (Wildman–Crippen MR) is 123 cm³/mol. The van der Waals surface area contributed by atoms with Crippen molar-refractivity contribution in [3.8, 4) is 0 Å². The number of nitro groups is 1. The summed E-state index contributed by atoms with van der Waals surface area (Å²) in [5, 5.41) is 13.8. The van der Waals surface area contributed by atoms with E-state index in [4.69, 9.17) is 4.42 Å². The lowest BCUT2D eigenvalue weighted by atomic mass is 10.1. The fourth-order valence-electron chi connectivity index (χ4n) is 3.84. The van der Waals surface area contributed by atoms with Gasteiger partial charge in [0.2, 0.25) is 11.8 Å². The summed E-state index contributed by atoms with van der Waals surface area (Å²) in [4.78, 5) is 63.6. The molecule has 4 rings (SSSR count). The number of furan rings is 1. The van der Waals surface area contributed by atoms with Crippen LogP contribution in [0, 0.1) is 10.1 Å². The van der Waals surface area contributed by atoms with Crippen molar-refractivity contribution in [2.75, 3.05) is 10.2 Å². The van der Waals surface area contributed by atoms with Crippen LogP contribution in [0.2, 0.25) is 0 Å². The van der Waals surface area contributed by atoms with E-state index in [9.17, 15) is 29.3 Å². The lowest BCUT2D eigenvalue weighted by molar-refractivity contribution is -0.384. The Morgan fingerprint density at radius 1 is 1.14 bits per heavy atom. The van der Waals surface area contributed by atoms with Crippen molar-refractivity contribution in [3.05, 3.63) is 88.4 Å². The van der Waals surface area contributed by atoms with E-state index < -0.39 is 28.7 Å². The van der Waals surface area contributed by atoms with Gasteiger partial charge in [-0.15, -0.1) is 0 Å². The van der Waals surface area contributed by atoms with E-state index in [2.05, 4.69) is 5.32 Å². The Labute approximate surface area is 199 Å². The molecule has 0 bridgehead atoms. The molecule has 2 heterocycles. The lowest BCUT2D eigenvalue weighted by Crippen LogP contribution is -2.45. The van der Waals surface area contributed by atoms with Gasteiger partial charge < -0.3 is 14.6 Å². The van der Waals surface area contributed by atoms with E-state index in [-0.39, 0.29) is 35.8 Å². The van der Waals surface area contributed by atoms with Gasteiger partial charge in [-0.1, -0.05) is 6.07 Å². The smallest absolute Gasteiger partial charge is 0.270 e. The number of carbonyl (C=O) groups is 4. The molecule has 4 amide bonds. The molecule has 35 heavy (non-hydrogen) atoms. The maximum Gasteiger partial charge on any atom is 0.270 e. The molecule has 1 saturated heterocycles. The van der Waals surface area contributed by atoms with Crippen LogP contribution in [0.15, 0.2) is 71.3 Å². The molecule has 1 fully saturated rings. The summed E-state index contributed by atoms with van der Waals surface area (Å²) >= 11 is 0. The van der Waals surface area contributed by atoms with Crippen molar-refractivity contribution in [3.63, 3.8) is 0 Å². The standard InChI is InChI=1S/C24H20N4O7/c1-15(29)25-17-7-9-18(10-8-17)27-22(30)13-21(24(27)32)26(14-20-6-3-11-35-20)23(31)16-4-2-5-19(12-16)28(33)34/h2-12,21H,13-14H2,1H3,(H,25,29). The van der Waals surface area contributed by atoms with Crippen molar-refractivity contribution in [1.29, 1.82) is 0 Å². The van der Waals surface area contributed by atoms with E-state index in [0.717, 1.165) is 11.0 Å². The van der Waals surface area contributed by atoms with Crippen LogP contribution in [0.25, 0.3) is 0 Å². The number of nitro benzene ring substituents is 1. The summed E-state index contributed by atoms with van der Waals surface area (Å²) in [5.41, 5.74) is 0.516. The topological polar surface area (TPSA) is 143 Å². The molecular weight excluding hydrogens is 456 g/mol. The first-order chi connectivity index (χ1) is 16.7. The number of benzene rings is 2. The van der Waals surface area contributed by atoms with Crippen LogP contribution < -0.4 is 10.2 Å². The third kappa shape index (κ3) is 4.93. The molecule has 11 nitrogen and oxygen atoms in total. The summed E-state index contributed by atoms with van der Waals surface area (Å²) in [5.74, 6) is -1.67. The number of nitrogens with zero attached hydrogens (tertiary/aromatic N) is 3. The molecule has 0 spiro atoms. The van der Waals surface area contributed by atoms with Crippen molar-refractivity contribution in [1.82, 2.24) is 4.90 Å². The Balaban J connectivity index is 1.65. The second kappa shape index (κ2) is 9.59. The van der Waals surface area contributed by atoms with Crippen molar-refractivity contribution in [2.45, 2.75) is 25.9 Å². The highest BCUT2D eigenvalue weighted by Crippen LogP contribution is 2.29. The monoisotopic (exact) mass is 476 g/mol. The van der Waals surface area contributed by atoms with E-state index >= 15 is 0 Å². The maximum absolute atomic E-state index is 13.4. The molecule has 11 heteroatoms. The number of nitrogens with one attached hydrogen (secondary N) is 1. The summed E-state index contributed by atoms with van der Waals surface area (Å²) in [6, 6.07) is 13.4. The van der Waals surface area contributed by atoms with E-state index in [1.54, 1.807) is 24.3 Å². The molecule has 1 unspecified atom stereocenters. The van der Waals surface area contributed by atoms with Crippen LogP contribution >= 0.6 is 0 Å². The predicted octanol–water partition coefficient (Wildman–Crippen LogP) is 3.12. The minimum atomic E-state index is -1.14. The van der Waals surface area contributed by atoms with Gasteiger partial charge in [-0.25, -0.2) is 4.90 Å². The Morgan fingerprint density at radius 2 is 1.89 bits per heavy atom. The first kappa shape index (κ1) is 23.4. The molecule has 1 atom stereocenters. The number of carbonyl (C=O) groups excluding carboxylic acids is 4. The lowest BCUT2D eigenvalue weighted by Gasteiger charge is -2.27. The highest BCUT2D eigenvalue weighted by molar-refractivity contribution is 6.23. The molecule has 0 aliphatic carbocycles. The molecule has 3 aromatic rings. The Morgan fingerprint density at radius 3 is 2.51 bits per heavy atom. The van der Waals surface area contributed by atoms with Gasteiger partial charge in [-0.2, -0.15) is 0 Å². The Bertz CT molecular complexity index is 1300. The summed E-state index contributed by atoms with van der Waals surface area (Å²) in [7, 11) is 0. The van der Waals surface area contributed by atoms with Gasteiger partial charge in [0.05, 0.1) is 29.8 Å². The molecule has 0 radical (unpaired) electrons. The van der Waals surface area contributed by atoms with Crippen molar-refractivity contribution < 1.29 is 28.5 Å². The Kier molecular flexibility index (Phi) is 6.40. The van der Waals surface area contributed by atoms with E-state index in [0.29, 0.717) is 11.4 Å². The fourth-order valence-corrected chi connectivity index (χ4v) is 3.84. The van der Waals surface area contributed by atoms with Crippen LogP contribution in [0.1, 0.15) is 29.5 Å². The molecule has 2 aromatic carbocycles. The summed E-state index contributed by atoms with van der Waals surface area (Å²) in [6.07, 6.45) is 1.14. The van der Waals surface area contributed by atoms with Gasteiger partial charge in [0.25, 0.3) is 17.5 Å². The zero-order valence-corrected chi connectivity index (χ0v) is 18.5. The van der Waals surface area contributed by atoms with Gasteiger partial charge in [-0.3, -0.25) is 29.3 Å². The molecule has 1 N–H and O–H groups in total. The average molecular weight is 476 g/mol. The molecule has 0 saturated carbocycles. The summed E-state index contributed by atoms with van der Waals surface area (Å²) < 4.78 is 5.34. The minimum absolute atomic E-state index is 0.00381. The third-order valence-electron chi connectivity index (χ3n) is 5.42. The van der Waals surface area contributed by atoms with Crippen LogP contribution in [0.3, 0.4) is 0 Å². The second-order valence-corrected chi connectivity index (χ2v) is 7.84. The molecule has 1 aliphatic rings. The molecular formula is C24H20N4O7. The zero-order chi connectivity index (χ0) is 25.1. The van der Waals surface area contributed by atoms with E-state index in [1.807, 2.05) is 0 Å². The van der Waals surface area contributed by atoms with Gasteiger partial charge in [0, 0.05) is 30.3 Å². The SMILES string of the molecule is CC(=O)Nc1ccc(N2C(=O)CC(N(Cc3ccco3)C(=O)c3cccc([N+](=O)[O-])c3)C2=O)cc1. The second-order valence-electron chi connectivity index (χ2n) is 7.84. The quantitative estimate of drug-likeness (QED) is 0.313. The molecule has 1 aliphatic heterocycles. The van der Waals surface area contributed by atoms with Crippen LogP contribution in [0.5, 0.6) is 0 Å². The van der Waals surface area contributed by atoms with Crippen LogP contribution in [-0.2, 0) is 20.9 Å². The molecule has 178 valence electrons. The van der Waals surface area contributed by atoms with Crippen molar-refractivity contribution in [2.24, 2.45) is 0 Å². The minimum Gasteiger partial charge on any atom is -0.467 e. The first-order valence-electron chi connectivity index (χ1n) is 10.6. The molecule has 1 aromatic heterocycles. The third-order valence-corrected chi connectivity index (χ3v) is 5.42. The number of non-ortho nitro benzene ring substituents is 1. The first-order valence-corrected chi connectivity index (χ1v) is 10.6.